The van der Waals surface area contributed by atoms with Gasteiger partial charge in [0, 0.05) is 18.7 Å². The average Bonchev–Trinajstić information content (AvgIpc) is 2.84. The smallest absolute Gasteiger partial charge is 0.251 e. The summed E-state index contributed by atoms with van der Waals surface area (Å²) in [6.45, 7) is 8.36. The monoisotopic (exact) mass is 353 g/mol. The van der Waals surface area contributed by atoms with Crippen molar-refractivity contribution in [1.29, 1.82) is 0 Å². The van der Waals surface area contributed by atoms with E-state index in [0.29, 0.717) is 12.3 Å². The quantitative estimate of drug-likeness (QED) is 0.707. The number of aryl methyl sites for hydroxylation is 1. The SMILES string of the molecule is CC.CO[C@H](C)/C=C/C(=O)N1Cc2ccccc2Oc2ccc(C)cc21. The van der Waals surface area contributed by atoms with Gasteiger partial charge in [-0.05, 0) is 37.6 Å². The Balaban J connectivity index is 0.00000117. The minimum absolute atomic E-state index is 0.0916. The Bertz CT molecular complexity index is 783. The summed E-state index contributed by atoms with van der Waals surface area (Å²) in [4.78, 5) is 14.5. The van der Waals surface area contributed by atoms with E-state index in [4.69, 9.17) is 9.47 Å². The molecule has 0 saturated heterocycles. The summed E-state index contributed by atoms with van der Waals surface area (Å²) in [6.07, 6.45) is 3.21. The maximum Gasteiger partial charge on any atom is 0.251 e. The number of carbonyl (C=O) groups is 1. The Morgan fingerprint density at radius 2 is 1.92 bits per heavy atom. The van der Waals surface area contributed by atoms with E-state index in [1.807, 2.05) is 70.2 Å². The van der Waals surface area contributed by atoms with Crippen LogP contribution < -0.4 is 9.64 Å². The molecule has 0 radical (unpaired) electrons. The van der Waals surface area contributed by atoms with Crippen molar-refractivity contribution in [2.45, 2.75) is 40.3 Å². The zero-order valence-electron chi connectivity index (χ0n) is 16.2. The molecule has 0 fully saturated rings. The van der Waals surface area contributed by atoms with Gasteiger partial charge in [0.1, 0.15) is 5.75 Å². The van der Waals surface area contributed by atoms with Crippen LogP contribution in [0.5, 0.6) is 11.5 Å². The molecule has 1 aliphatic heterocycles. The van der Waals surface area contributed by atoms with Crippen molar-refractivity contribution in [1.82, 2.24) is 0 Å². The molecule has 3 rings (SSSR count). The number of hydrogen-bond acceptors (Lipinski definition) is 3. The van der Waals surface area contributed by atoms with E-state index in [-0.39, 0.29) is 12.0 Å². The van der Waals surface area contributed by atoms with Crippen molar-refractivity contribution in [3.8, 4) is 11.5 Å². The first-order chi connectivity index (χ1) is 12.6. The van der Waals surface area contributed by atoms with Gasteiger partial charge in [-0.15, -0.1) is 0 Å². The van der Waals surface area contributed by atoms with E-state index < -0.39 is 0 Å². The molecule has 0 bridgehead atoms. The molecule has 1 heterocycles. The van der Waals surface area contributed by atoms with Gasteiger partial charge in [-0.1, -0.05) is 44.2 Å². The van der Waals surface area contributed by atoms with E-state index in [2.05, 4.69) is 0 Å². The second kappa shape index (κ2) is 9.20. The number of methoxy groups -OCH3 is 1. The lowest BCUT2D eigenvalue weighted by Gasteiger charge is -2.21. The lowest BCUT2D eigenvalue weighted by molar-refractivity contribution is -0.114. The number of ether oxygens (including phenoxy) is 2. The summed E-state index contributed by atoms with van der Waals surface area (Å²) >= 11 is 0. The van der Waals surface area contributed by atoms with Gasteiger partial charge >= 0.3 is 0 Å². The van der Waals surface area contributed by atoms with Gasteiger partial charge in [-0.2, -0.15) is 0 Å². The van der Waals surface area contributed by atoms with Crippen molar-refractivity contribution in [2.75, 3.05) is 12.0 Å². The number of carbonyl (C=O) groups excluding carboxylic acids is 1. The molecule has 4 nitrogen and oxygen atoms in total. The van der Waals surface area contributed by atoms with Crippen molar-refractivity contribution in [2.24, 2.45) is 0 Å². The first kappa shape index (κ1) is 19.7. The number of rotatable bonds is 3. The van der Waals surface area contributed by atoms with Gasteiger partial charge < -0.3 is 14.4 Å². The van der Waals surface area contributed by atoms with E-state index >= 15 is 0 Å². The standard InChI is InChI=1S/C20H21NO3.C2H6/c1-14-8-10-19-17(12-14)21(20(22)11-9-15(2)23-3)13-16-6-4-5-7-18(16)24-19;1-2/h4-12,15H,13H2,1-3H3;1-2H3/b11-9+;/t15-;/m1./s1. The van der Waals surface area contributed by atoms with Crippen LogP contribution in [0.3, 0.4) is 0 Å². The van der Waals surface area contributed by atoms with Crippen LogP contribution in [0.4, 0.5) is 5.69 Å². The highest BCUT2D eigenvalue weighted by atomic mass is 16.5. The fraction of sp³-hybridized carbons (Fsp3) is 0.318. The minimum Gasteiger partial charge on any atom is -0.455 e. The first-order valence-electron chi connectivity index (χ1n) is 8.97. The second-order valence-corrected chi connectivity index (χ2v) is 5.91. The van der Waals surface area contributed by atoms with E-state index in [9.17, 15) is 4.79 Å². The fourth-order valence-electron chi connectivity index (χ4n) is 2.62. The van der Waals surface area contributed by atoms with Crippen LogP contribution >= 0.6 is 0 Å². The number of para-hydroxylation sites is 1. The second-order valence-electron chi connectivity index (χ2n) is 5.91. The first-order valence-corrected chi connectivity index (χ1v) is 8.97. The molecule has 4 heteroatoms. The molecular formula is C22H27NO3. The van der Waals surface area contributed by atoms with Gasteiger partial charge in [0.2, 0.25) is 0 Å². The number of benzene rings is 2. The summed E-state index contributed by atoms with van der Waals surface area (Å²) in [6, 6.07) is 13.7. The van der Waals surface area contributed by atoms with Crippen LogP contribution in [0.25, 0.3) is 0 Å². The maximum absolute atomic E-state index is 12.8. The minimum atomic E-state index is -0.110. The molecule has 1 aliphatic rings. The molecule has 0 spiro atoms. The Morgan fingerprint density at radius 3 is 2.65 bits per heavy atom. The molecule has 26 heavy (non-hydrogen) atoms. The number of hydrogen-bond donors (Lipinski definition) is 0. The summed E-state index contributed by atoms with van der Waals surface area (Å²) < 4.78 is 11.2. The zero-order chi connectivity index (χ0) is 19.1. The van der Waals surface area contributed by atoms with Crippen LogP contribution in [-0.2, 0) is 16.1 Å². The molecule has 2 aromatic carbocycles. The van der Waals surface area contributed by atoms with Gasteiger partial charge in [-0.25, -0.2) is 0 Å². The van der Waals surface area contributed by atoms with Crippen LogP contribution in [-0.4, -0.2) is 19.1 Å². The third-order valence-corrected chi connectivity index (χ3v) is 4.07. The highest BCUT2D eigenvalue weighted by Crippen LogP contribution is 2.39. The van der Waals surface area contributed by atoms with Gasteiger partial charge in [0.15, 0.2) is 5.75 Å². The van der Waals surface area contributed by atoms with Crippen molar-refractivity contribution in [3.05, 3.63) is 65.7 Å². The van der Waals surface area contributed by atoms with Crippen LogP contribution in [0.1, 0.15) is 31.9 Å². The normalized spacial score (nSPS) is 13.7. The van der Waals surface area contributed by atoms with E-state index in [1.165, 1.54) is 0 Å². The zero-order valence-corrected chi connectivity index (χ0v) is 16.2. The molecule has 0 aromatic heterocycles. The number of nitrogens with zero attached hydrogens (tertiary/aromatic N) is 1. The molecule has 0 N–H and O–H groups in total. The highest BCUT2D eigenvalue weighted by molar-refractivity contribution is 6.02. The molecule has 138 valence electrons. The summed E-state index contributed by atoms with van der Waals surface area (Å²) in [5.41, 5.74) is 2.84. The van der Waals surface area contributed by atoms with Crippen molar-refractivity contribution < 1.29 is 14.3 Å². The van der Waals surface area contributed by atoms with Gasteiger partial charge in [-0.3, -0.25) is 4.79 Å². The lowest BCUT2D eigenvalue weighted by atomic mass is 10.1. The van der Waals surface area contributed by atoms with Crippen LogP contribution in [0.15, 0.2) is 54.6 Å². The molecule has 0 saturated carbocycles. The molecule has 0 aliphatic carbocycles. The molecule has 0 unspecified atom stereocenters. The lowest BCUT2D eigenvalue weighted by Crippen LogP contribution is -2.28. The van der Waals surface area contributed by atoms with E-state index in [1.54, 1.807) is 24.2 Å². The highest BCUT2D eigenvalue weighted by Gasteiger charge is 2.24. The molecular weight excluding hydrogens is 326 g/mol. The molecule has 1 amide bonds. The van der Waals surface area contributed by atoms with Crippen LogP contribution in [0, 0.1) is 6.92 Å². The van der Waals surface area contributed by atoms with Crippen molar-refractivity contribution in [3.63, 3.8) is 0 Å². The van der Waals surface area contributed by atoms with E-state index in [0.717, 1.165) is 22.6 Å². The summed E-state index contributed by atoms with van der Waals surface area (Å²) in [5, 5.41) is 0. The van der Waals surface area contributed by atoms with Crippen LogP contribution in [0.2, 0.25) is 0 Å². The Hall–Kier alpha value is -2.59. The number of anilines is 1. The van der Waals surface area contributed by atoms with Gasteiger partial charge in [0.25, 0.3) is 5.91 Å². The number of amides is 1. The largest absolute Gasteiger partial charge is 0.455 e. The number of fused-ring (bicyclic) bond motifs is 2. The topological polar surface area (TPSA) is 38.8 Å². The predicted octanol–water partition coefficient (Wildman–Crippen LogP) is 5.25. The maximum atomic E-state index is 12.8. The summed E-state index contributed by atoms with van der Waals surface area (Å²) in [7, 11) is 1.62. The Morgan fingerprint density at radius 1 is 1.19 bits per heavy atom. The average molecular weight is 353 g/mol. The Labute approximate surface area is 156 Å². The summed E-state index contributed by atoms with van der Waals surface area (Å²) in [5.74, 6) is 1.38. The fourth-order valence-corrected chi connectivity index (χ4v) is 2.62. The predicted molar refractivity (Wildman–Crippen MR) is 106 cm³/mol. The third-order valence-electron chi connectivity index (χ3n) is 4.07. The molecule has 2 aromatic rings. The Kier molecular flexibility index (Phi) is 6.98. The molecule has 1 atom stereocenters. The van der Waals surface area contributed by atoms with Crippen molar-refractivity contribution >= 4 is 11.6 Å². The van der Waals surface area contributed by atoms with Gasteiger partial charge in [0.05, 0.1) is 18.3 Å². The third kappa shape index (κ3) is 4.52.